The molecular formula is C13H10F4N2O3. The Kier molecular flexibility index (Phi) is 4.16. The molecule has 0 aliphatic carbocycles. The van der Waals surface area contributed by atoms with Gasteiger partial charge in [0.2, 0.25) is 5.89 Å². The number of esters is 1. The highest BCUT2D eigenvalue weighted by molar-refractivity contribution is 5.90. The third kappa shape index (κ3) is 3.23. The molecule has 22 heavy (non-hydrogen) atoms. The van der Waals surface area contributed by atoms with Gasteiger partial charge in [-0.3, -0.25) is 0 Å². The molecule has 1 heterocycles. The molecular weight excluding hydrogens is 308 g/mol. The van der Waals surface area contributed by atoms with E-state index in [2.05, 4.69) is 10.2 Å². The van der Waals surface area contributed by atoms with Crippen molar-refractivity contribution >= 4 is 5.97 Å². The van der Waals surface area contributed by atoms with Crippen molar-refractivity contribution in [3.05, 3.63) is 46.9 Å². The fourth-order valence-corrected chi connectivity index (χ4v) is 1.66. The lowest BCUT2D eigenvalue weighted by Crippen LogP contribution is -2.15. The van der Waals surface area contributed by atoms with Gasteiger partial charge in [-0.25, -0.2) is 9.18 Å². The van der Waals surface area contributed by atoms with Crippen molar-refractivity contribution in [1.29, 1.82) is 0 Å². The molecule has 1 aromatic carbocycles. The third-order valence-corrected chi connectivity index (χ3v) is 2.70. The van der Waals surface area contributed by atoms with E-state index in [-0.39, 0.29) is 11.8 Å². The van der Waals surface area contributed by atoms with Crippen LogP contribution < -0.4 is 0 Å². The molecule has 1 atom stereocenters. The lowest BCUT2D eigenvalue weighted by molar-refractivity contribution is -0.140. The fraction of sp³-hybridized carbons (Fsp3) is 0.308. The summed E-state index contributed by atoms with van der Waals surface area (Å²) in [5.41, 5.74) is -2.36. The number of aromatic nitrogens is 2. The van der Waals surface area contributed by atoms with Gasteiger partial charge in [0.1, 0.15) is 5.82 Å². The van der Waals surface area contributed by atoms with Crippen molar-refractivity contribution in [2.45, 2.75) is 26.1 Å². The van der Waals surface area contributed by atoms with E-state index >= 15 is 0 Å². The van der Waals surface area contributed by atoms with Gasteiger partial charge >= 0.3 is 12.1 Å². The Hall–Kier alpha value is -2.45. The largest absolute Gasteiger partial charge is 0.449 e. The van der Waals surface area contributed by atoms with Gasteiger partial charge in [0.05, 0.1) is 11.1 Å². The van der Waals surface area contributed by atoms with Crippen LogP contribution >= 0.6 is 0 Å². The van der Waals surface area contributed by atoms with E-state index in [0.29, 0.717) is 6.07 Å². The van der Waals surface area contributed by atoms with Gasteiger partial charge in [-0.2, -0.15) is 13.2 Å². The molecule has 0 N–H and O–H groups in total. The number of carbonyl (C=O) groups excluding carboxylic acids is 1. The number of carbonyl (C=O) groups is 1. The van der Waals surface area contributed by atoms with Crippen LogP contribution in [0.15, 0.2) is 22.6 Å². The van der Waals surface area contributed by atoms with Crippen LogP contribution in [-0.4, -0.2) is 16.2 Å². The fourth-order valence-electron chi connectivity index (χ4n) is 1.66. The van der Waals surface area contributed by atoms with Crippen molar-refractivity contribution in [3.8, 4) is 0 Å². The second-order valence-electron chi connectivity index (χ2n) is 4.37. The number of nitrogens with zero attached hydrogens (tertiary/aromatic N) is 2. The molecule has 2 rings (SSSR count). The van der Waals surface area contributed by atoms with Crippen LogP contribution in [0.5, 0.6) is 0 Å². The number of ether oxygens (including phenoxy) is 1. The molecule has 0 spiro atoms. The molecule has 0 unspecified atom stereocenters. The van der Waals surface area contributed by atoms with E-state index in [9.17, 15) is 22.4 Å². The number of aryl methyl sites for hydroxylation is 1. The van der Waals surface area contributed by atoms with Gasteiger partial charge in [0.25, 0.3) is 5.89 Å². The van der Waals surface area contributed by atoms with Crippen LogP contribution in [0.1, 0.15) is 40.7 Å². The summed E-state index contributed by atoms with van der Waals surface area (Å²) in [6, 6.07) is 2.36. The number of halogens is 4. The van der Waals surface area contributed by atoms with Gasteiger partial charge in [0, 0.05) is 6.92 Å². The summed E-state index contributed by atoms with van der Waals surface area (Å²) < 4.78 is 61.5. The Labute approximate surface area is 121 Å². The van der Waals surface area contributed by atoms with E-state index < -0.39 is 35.2 Å². The first-order valence-electron chi connectivity index (χ1n) is 6.07. The molecule has 0 fully saturated rings. The van der Waals surface area contributed by atoms with E-state index in [0.717, 1.165) is 12.1 Å². The Morgan fingerprint density at radius 2 is 2.00 bits per heavy atom. The number of hydrogen-bond donors (Lipinski definition) is 0. The number of benzene rings is 1. The van der Waals surface area contributed by atoms with Gasteiger partial charge in [-0.1, -0.05) is 6.07 Å². The highest BCUT2D eigenvalue weighted by atomic mass is 19.4. The highest BCUT2D eigenvalue weighted by Crippen LogP contribution is 2.32. The number of hydrogen-bond acceptors (Lipinski definition) is 5. The lowest BCUT2D eigenvalue weighted by Gasteiger charge is -2.12. The Morgan fingerprint density at radius 3 is 2.55 bits per heavy atom. The zero-order valence-electron chi connectivity index (χ0n) is 11.4. The summed E-state index contributed by atoms with van der Waals surface area (Å²) in [5, 5.41) is 7.12. The standard InChI is InChI=1S/C13H10F4N2O3/c1-6(11-19-18-7(2)22-11)21-12(20)8-4-3-5-9(10(8)14)13(15,16)17/h3-6H,1-2H3/t6-/m1/s1. The molecule has 1 aromatic heterocycles. The second-order valence-corrected chi connectivity index (χ2v) is 4.37. The van der Waals surface area contributed by atoms with Gasteiger partial charge < -0.3 is 9.15 Å². The SMILES string of the molecule is Cc1nnc([C@@H](C)OC(=O)c2cccc(C(F)(F)F)c2F)o1. The van der Waals surface area contributed by atoms with Crippen LogP contribution in [0.25, 0.3) is 0 Å². The van der Waals surface area contributed by atoms with Crippen molar-refractivity contribution in [2.75, 3.05) is 0 Å². The molecule has 0 radical (unpaired) electrons. The van der Waals surface area contributed by atoms with E-state index in [1.54, 1.807) is 0 Å². The molecule has 118 valence electrons. The minimum atomic E-state index is -4.91. The summed E-state index contributed by atoms with van der Waals surface area (Å²) in [6.07, 6.45) is -5.93. The maximum atomic E-state index is 13.8. The van der Waals surface area contributed by atoms with Crippen molar-refractivity contribution in [3.63, 3.8) is 0 Å². The predicted molar refractivity (Wildman–Crippen MR) is 64.3 cm³/mol. The van der Waals surface area contributed by atoms with E-state index in [1.165, 1.54) is 13.8 Å². The quantitative estimate of drug-likeness (QED) is 0.640. The minimum absolute atomic E-state index is 0.0433. The highest BCUT2D eigenvalue weighted by Gasteiger charge is 2.36. The first-order chi connectivity index (χ1) is 10.2. The Morgan fingerprint density at radius 1 is 1.32 bits per heavy atom. The summed E-state index contributed by atoms with van der Waals surface area (Å²) in [4.78, 5) is 11.8. The first-order valence-corrected chi connectivity index (χ1v) is 6.07. The van der Waals surface area contributed by atoms with Crippen molar-refractivity contribution in [1.82, 2.24) is 10.2 Å². The van der Waals surface area contributed by atoms with Gasteiger partial charge in [-0.15, -0.1) is 10.2 Å². The maximum absolute atomic E-state index is 13.8. The van der Waals surface area contributed by atoms with Crippen LogP contribution in [0, 0.1) is 12.7 Å². The maximum Gasteiger partial charge on any atom is 0.419 e. The average molecular weight is 318 g/mol. The Balaban J connectivity index is 2.23. The monoisotopic (exact) mass is 318 g/mol. The number of alkyl halides is 3. The average Bonchev–Trinajstić information content (AvgIpc) is 2.84. The smallest absolute Gasteiger partial charge is 0.419 e. The summed E-state index contributed by atoms with van der Waals surface area (Å²) in [6.45, 7) is 2.88. The third-order valence-electron chi connectivity index (χ3n) is 2.70. The summed E-state index contributed by atoms with van der Waals surface area (Å²) >= 11 is 0. The second kappa shape index (κ2) is 5.74. The molecule has 9 heteroatoms. The van der Waals surface area contributed by atoms with Crippen LogP contribution in [0.2, 0.25) is 0 Å². The molecule has 2 aromatic rings. The molecule has 0 amide bonds. The van der Waals surface area contributed by atoms with Crippen molar-refractivity contribution < 1.29 is 31.5 Å². The van der Waals surface area contributed by atoms with Crippen LogP contribution in [0.4, 0.5) is 17.6 Å². The Bertz CT molecular complexity index is 697. The van der Waals surface area contributed by atoms with E-state index in [4.69, 9.17) is 9.15 Å². The van der Waals surface area contributed by atoms with Gasteiger partial charge in [-0.05, 0) is 19.1 Å². The molecule has 0 bridgehead atoms. The van der Waals surface area contributed by atoms with Crippen LogP contribution in [-0.2, 0) is 10.9 Å². The zero-order chi connectivity index (χ0) is 16.5. The van der Waals surface area contributed by atoms with Crippen LogP contribution in [0.3, 0.4) is 0 Å². The minimum Gasteiger partial charge on any atom is -0.449 e. The number of rotatable bonds is 3. The molecule has 0 aliphatic rings. The molecule has 0 aliphatic heterocycles. The summed E-state index contributed by atoms with van der Waals surface area (Å²) in [5.74, 6) is -2.76. The molecule has 5 nitrogen and oxygen atoms in total. The zero-order valence-corrected chi connectivity index (χ0v) is 11.4. The molecule has 0 saturated carbocycles. The normalized spacial score (nSPS) is 13.0. The predicted octanol–water partition coefficient (Wildman–Crippen LogP) is 3.45. The lowest BCUT2D eigenvalue weighted by atomic mass is 10.1. The molecule has 0 saturated heterocycles. The van der Waals surface area contributed by atoms with Gasteiger partial charge in [0.15, 0.2) is 6.10 Å². The summed E-state index contributed by atoms with van der Waals surface area (Å²) in [7, 11) is 0. The van der Waals surface area contributed by atoms with Crippen molar-refractivity contribution in [2.24, 2.45) is 0 Å². The topological polar surface area (TPSA) is 65.2 Å². The van der Waals surface area contributed by atoms with E-state index in [1.807, 2.05) is 0 Å². The first kappa shape index (κ1) is 15.9.